The van der Waals surface area contributed by atoms with Crippen molar-refractivity contribution >= 4 is 33.6 Å². The Kier molecular flexibility index (Phi) is 6.02. The molecule has 1 saturated carbocycles. The molecule has 1 spiro atoms. The summed E-state index contributed by atoms with van der Waals surface area (Å²) >= 11 is 0. The molecule has 2 heterocycles. The molecule has 31 heavy (non-hydrogen) atoms. The zero-order valence-electron chi connectivity index (χ0n) is 17.4. The lowest BCUT2D eigenvalue weighted by Crippen LogP contribution is -2.47. The summed E-state index contributed by atoms with van der Waals surface area (Å²) in [4.78, 5) is 39.0. The van der Waals surface area contributed by atoms with E-state index in [0.717, 1.165) is 43.4 Å². The highest BCUT2D eigenvalue weighted by Crippen LogP contribution is 2.32. The summed E-state index contributed by atoms with van der Waals surface area (Å²) in [6.07, 6.45) is 6.64. The van der Waals surface area contributed by atoms with Crippen molar-refractivity contribution in [3.8, 4) is 0 Å². The van der Waals surface area contributed by atoms with Gasteiger partial charge in [-0.25, -0.2) is 13.2 Å². The predicted octanol–water partition coefficient (Wildman–Crippen LogP) is 2.05. The monoisotopic (exact) mass is 448 g/mol. The maximum atomic E-state index is 12.9. The molecule has 9 nitrogen and oxygen atoms in total. The number of hydrogen-bond acceptors (Lipinski definition) is 5. The molecule has 1 aliphatic carbocycles. The Bertz CT molecular complexity index is 979. The van der Waals surface area contributed by atoms with E-state index in [-0.39, 0.29) is 10.8 Å². The van der Waals surface area contributed by atoms with Gasteiger partial charge in [-0.2, -0.15) is 4.31 Å². The fraction of sp³-hybridized carbons (Fsp3) is 0.571. The molecular formula is C21H28N4O5S. The van der Waals surface area contributed by atoms with Gasteiger partial charge in [0.2, 0.25) is 15.9 Å². The van der Waals surface area contributed by atoms with Gasteiger partial charge in [0.15, 0.2) is 0 Å². The van der Waals surface area contributed by atoms with Gasteiger partial charge in [0.05, 0.1) is 4.90 Å². The van der Waals surface area contributed by atoms with Crippen LogP contribution in [0, 0.1) is 0 Å². The van der Waals surface area contributed by atoms with E-state index in [0.29, 0.717) is 31.6 Å². The topological polar surface area (TPSA) is 116 Å². The lowest BCUT2D eigenvalue weighted by Gasteiger charge is -2.24. The van der Waals surface area contributed by atoms with Crippen molar-refractivity contribution in [2.45, 2.75) is 61.8 Å². The highest BCUT2D eigenvalue weighted by molar-refractivity contribution is 7.89. The molecule has 3 aliphatic rings. The van der Waals surface area contributed by atoms with E-state index in [1.165, 1.54) is 16.4 Å². The Labute approximate surface area is 182 Å². The van der Waals surface area contributed by atoms with Crippen LogP contribution in [0.1, 0.15) is 51.4 Å². The van der Waals surface area contributed by atoms with E-state index in [1.54, 1.807) is 12.1 Å². The van der Waals surface area contributed by atoms with Crippen molar-refractivity contribution in [1.82, 2.24) is 14.5 Å². The molecule has 4 rings (SSSR count). The van der Waals surface area contributed by atoms with E-state index in [4.69, 9.17) is 0 Å². The van der Waals surface area contributed by atoms with Gasteiger partial charge in [0.25, 0.3) is 5.91 Å². The van der Waals surface area contributed by atoms with Gasteiger partial charge in [0.1, 0.15) is 12.1 Å². The van der Waals surface area contributed by atoms with E-state index < -0.39 is 34.0 Å². The third kappa shape index (κ3) is 4.31. The molecule has 1 aromatic carbocycles. The number of imide groups is 1. The largest absolute Gasteiger partial charge is 0.325 e. The van der Waals surface area contributed by atoms with Gasteiger partial charge < -0.3 is 10.6 Å². The van der Waals surface area contributed by atoms with Gasteiger partial charge in [-0.05, 0) is 43.9 Å². The molecule has 0 aromatic heterocycles. The van der Waals surface area contributed by atoms with Gasteiger partial charge in [-0.3, -0.25) is 14.5 Å². The summed E-state index contributed by atoms with van der Waals surface area (Å²) in [7, 11) is -3.61. The fourth-order valence-electron chi connectivity index (χ4n) is 4.65. The average molecular weight is 449 g/mol. The number of carbonyl (C=O) groups excluding carboxylic acids is 3. The number of nitrogens with zero attached hydrogens (tertiary/aromatic N) is 2. The number of anilines is 1. The van der Waals surface area contributed by atoms with Crippen LogP contribution in [0.2, 0.25) is 0 Å². The quantitative estimate of drug-likeness (QED) is 0.669. The van der Waals surface area contributed by atoms with Crippen molar-refractivity contribution in [3.05, 3.63) is 24.3 Å². The summed E-state index contributed by atoms with van der Waals surface area (Å²) in [5.74, 6) is -0.898. The molecule has 2 N–H and O–H groups in total. The second-order valence-electron chi connectivity index (χ2n) is 8.50. The highest BCUT2D eigenvalue weighted by atomic mass is 32.2. The summed E-state index contributed by atoms with van der Waals surface area (Å²) in [5.41, 5.74) is -0.584. The highest BCUT2D eigenvalue weighted by Gasteiger charge is 2.51. The smallest absolute Gasteiger partial charge is 0.324 e. The number of nitrogens with one attached hydrogen (secondary N) is 2. The number of amides is 4. The van der Waals surface area contributed by atoms with Crippen LogP contribution < -0.4 is 10.6 Å². The summed E-state index contributed by atoms with van der Waals surface area (Å²) in [5, 5.41) is 5.43. The molecule has 0 radical (unpaired) electrons. The molecule has 1 aromatic rings. The van der Waals surface area contributed by atoms with Crippen LogP contribution in [-0.2, 0) is 19.6 Å². The van der Waals surface area contributed by atoms with E-state index in [9.17, 15) is 22.8 Å². The van der Waals surface area contributed by atoms with Crippen LogP contribution in [0.3, 0.4) is 0 Å². The summed E-state index contributed by atoms with van der Waals surface area (Å²) in [6, 6.07) is 5.50. The van der Waals surface area contributed by atoms with Crippen molar-refractivity contribution in [1.29, 1.82) is 0 Å². The van der Waals surface area contributed by atoms with Crippen molar-refractivity contribution in [2.24, 2.45) is 0 Å². The van der Waals surface area contributed by atoms with Crippen LogP contribution in [0.15, 0.2) is 29.2 Å². The predicted molar refractivity (Wildman–Crippen MR) is 114 cm³/mol. The molecule has 168 valence electrons. The zero-order valence-corrected chi connectivity index (χ0v) is 18.2. The van der Waals surface area contributed by atoms with Crippen molar-refractivity contribution < 1.29 is 22.8 Å². The minimum atomic E-state index is -3.61. The number of carbonyl (C=O) groups is 3. The van der Waals surface area contributed by atoms with E-state index in [2.05, 4.69) is 10.6 Å². The number of sulfonamides is 1. The fourth-order valence-corrected chi connectivity index (χ4v) is 6.21. The number of urea groups is 1. The number of benzene rings is 1. The molecule has 4 amide bonds. The van der Waals surface area contributed by atoms with Crippen LogP contribution in [0.4, 0.5) is 10.5 Å². The second-order valence-corrected chi connectivity index (χ2v) is 10.4. The average Bonchev–Trinajstić information content (AvgIpc) is 3.28. The number of rotatable bonds is 5. The summed E-state index contributed by atoms with van der Waals surface area (Å²) in [6.45, 7) is 0.579. The van der Waals surface area contributed by atoms with Gasteiger partial charge in [-0.15, -0.1) is 0 Å². The first-order valence-corrected chi connectivity index (χ1v) is 12.3. The van der Waals surface area contributed by atoms with Crippen molar-refractivity contribution in [3.63, 3.8) is 0 Å². The Morgan fingerprint density at radius 3 is 2.39 bits per heavy atom. The zero-order chi connectivity index (χ0) is 22.1. The van der Waals surface area contributed by atoms with E-state index in [1.807, 2.05) is 0 Å². The van der Waals surface area contributed by atoms with Gasteiger partial charge >= 0.3 is 6.03 Å². The normalized spacial score (nSPS) is 21.9. The van der Waals surface area contributed by atoms with Crippen LogP contribution in [-0.4, -0.2) is 60.6 Å². The molecule has 0 atom stereocenters. The SMILES string of the molecule is O=C(CN1C(=O)NC2(CCCCCC2)C1=O)Nc1cccc(S(=O)(=O)N2CCCC2)c1. The first-order chi connectivity index (χ1) is 14.8. The molecular weight excluding hydrogens is 420 g/mol. The standard InChI is InChI=1S/C21H28N4O5S/c26-18(15-25-19(27)21(23-20(25)28)10-3-1-2-4-11-21)22-16-8-7-9-17(14-16)31(29,30)24-12-5-6-13-24/h7-9,14H,1-6,10-13,15H2,(H,22,26)(H,23,28). The number of hydrogen-bond donors (Lipinski definition) is 2. The maximum Gasteiger partial charge on any atom is 0.325 e. The first kappa shape index (κ1) is 21.8. The molecule has 0 bridgehead atoms. The lowest BCUT2D eigenvalue weighted by atomic mass is 9.90. The van der Waals surface area contributed by atoms with Crippen LogP contribution in [0.5, 0.6) is 0 Å². The molecule has 2 saturated heterocycles. The van der Waals surface area contributed by atoms with Gasteiger partial charge in [0, 0.05) is 18.8 Å². The Balaban J connectivity index is 1.43. The third-order valence-electron chi connectivity index (χ3n) is 6.33. The molecule has 3 fully saturated rings. The van der Waals surface area contributed by atoms with E-state index >= 15 is 0 Å². The lowest BCUT2D eigenvalue weighted by molar-refractivity contribution is -0.134. The molecule has 2 aliphatic heterocycles. The first-order valence-electron chi connectivity index (χ1n) is 10.9. The Morgan fingerprint density at radius 2 is 1.71 bits per heavy atom. The maximum absolute atomic E-state index is 12.9. The Morgan fingerprint density at radius 1 is 1.03 bits per heavy atom. The third-order valence-corrected chi connectivity index (χ3v) is 8.22. The summed E-state index contributed by atoms with van der Waals surface area (Å²) < 4.78 is 26.9. The minimum Gasteiger partial charge on any atom is -0.324 e. The second kappa shape index (κ2) is 8.58. The minimum absolute atomic E-state index is 0.111. The molecule has 0 unspecified atom stereocenters. The van der Waals surface area contributed by atoms with Crippen molar-refractivity contribution in [2.75, 3.05) is 25.0 Å². The Hall–Kier alpha value is -2.46. The van der Waals surface area contributed by atoms with Crippen LogP contribution >= 0.6 is 0 Å². The molecule has 10 heteroatoms. The van der Waals surface area contributed by atoms with Crippen LogP contribution in [0.25, 0.3) is 0 Å². The van der Waals surface area contributed by atoms with Gasteiger partial charge in [-0.1, -0.05) is 31.7 Å².